The van der Waals surface area contributed by atoms with Gasteiger partial charge in [-0.2, -0.15) is 0 Å². The van der Waals surface area contributed by atoms with Gasteiger partial charge in [0.2, 0.25) is 0 Å². The second kappa shape index (κ2) is 6.38. The summed E-state index contributed by atoms with van der Waals surface area (Å²) in [4.78, 5) is 2.01. The number of hydrogen-bond donors (Lipinski definition) is 3. The number of aliphatic hydroxyl groups is 1. The maximum atomic E-state index is 9.69. The molecule has 1 fully saturated rings. The summed E-state index contributed by atoms with van der Waals surface area (Å²) in [6.07, 6.45) is 3.40. The molecule has 0 amide bonds. The van der Waals surface area contributed by atoms with Gasteiger partial charge in [-0.15, -0.1) is 0 Å². The van der Waals surface area contributed by atoms with Gasteiger partial charge in [-0.05, 0) is 23.8 Å². The van der Waals surface area contributed by atoms with Crippen molar-refractivity contribution >= 4 is 0 Å². The molecule has 1 saturated heterocycles. The monoisotopic (exact) mass is 295 g/mol. The zero-order valence-electron chi connectivity index (χ0n) is 13.5. The Kier molecular flexibility index (Phi) is 4.96. The van der Waals surface area contributed by atoms with E-state index >= 15 is 0 Å². The van der Waals surface area contributed by atoms with E-state index in [2.05, 4.69) is 39.6 Å². The Bertz CT molecular complexity index is 408. The van der Waals surface area contributed by atoms with Crippen LogP contribution in [0.3, 0.4) is 0 Å². The molecule has 3 unspecified atom stereocenters. The fourth-order valence-corrected chi connectivity index (χ4v) is 3.69. The Labute approximate surface area is 127 Å². The van der Waals surface area contributed by atoms with E-state index in [4.69, 9.17) is 10.5 Å². The number of aliphatic hydroxyl groups excluding tert-OH is 1. The molecule has 5 nitrogen and oxygen atoms in total. The normalized spacial score (nSPS) is 36.7. The molecule has 2 aliphatic heterocycles. The Morgan fingerprint density at radius 3 is 2.43 bits per heavy atom. The smallest absolute Gasteiger partial charge is 0.139 e. The molecule has 5 heteroatoms. The standard InChI is InChI=1S/C16H29N3O2/c1-9(2)14-12(8-20)21-16(15(14)10(3)4)19-7-6-13(17)18-11(19)5/h6-7,9-10,12-16,18,20H,5,8,17H2,1-4H3/t12-,13?,14?,15?,16-/m1/s1. The van der Waals surface area contributed by atoms with E-state index in [-0.39, 0.29) is 25.1 Å². The van der Waals surface area contributed by atoms with Gasteiger partial charge in [0.1, 0.15) is 12.0 Å². The number of nitrogens with two attached hydrogens (primary N) is 1. The lowest BCUT2D eigenvalue weighted by Crippen LogP contribution is -2.49. The minimum absolute atomic E-state index is 0.0551. The average Bonchev–Trinajstić information content (AvgIpc) is 2.78. The Morgan fingerprint density at radius 2 is 1.95 bits per heavy atom. The minimum Gasteiger partial charge on any atom is -0.394 e. The molecule has 5 atom stereocenters. The zero-order valence-corrected chi connectivity index (χ0v) is 13.5. The van der Waals surface area contributed by atoms with Crippen molar-refractivity contribution in [3.8, 4) is 0 Å². The third kappa shape index (κ3) is 3.10. The Balaban J connectivity index is 2.29. The molecular formula is C16H29N3O2. The number of ether oxygens (including phenoxy) is 1. The molecule has 0 aliphatic carbocycles. The van der Waals surface area contributed by atoms with E-state index in [1.165, 1.54) is 0 Å². The maximum Gasteiger partial charge on any atom is 0.139 e. The van der Waals surface area contributed by atoms with E-state index in [1.54, 1.807) is 0 Å². The quantitative estimate of drug-likeness (QED) is 0.732. The van der Waals surface area contributed by atoms with Crippen LogP contribution in [0.2, 0.25) is 0 Å². The van der Waals surface area contributed by atoms with Gasteiger partial charge in [0.25, 0.3) is 0 Å². The van der Waals surface area contributed by atoms with Crippen molar-refractivity contribution in [3.63, 3.8) is 0 Å². The van der Waals surface area contributed by atoms with E-state index in [0.29, 0.717) is 23.7 Å². The lowest BCUT2D eigenvalue weighted by Gasteiger charge is -2.38. The van der Waals surface area contributed by atoms with Crippen LogP contribution in [0, 0.1) is 23.7 Å². The molecule has 4 N–H and O–H groups in total. The summed E-state index contributed by atoms with van der Waals surface area (Å²) >= 11 is 0. The highest BCUT2D eigenvalue weighted by molar-refractivity contribution is 5.12. The van der Waals surface area contributed by atoms with Crippen LogP contribution < -0.4 is 11.1 Å². The van der Waals surface area contributed by atoms with Crippen LogP contribution in [0.1, 0.15) is 27.7 Å². The highest BCUT2D eigenvalue weighted by Gasteiger charge is 2.49. The summed E-state index contributed by atoms with van der Waals surface area (Å²) in [5, 5.41) is 12.8. The van der Waals surface area contributed by atoms with Crippen LogP contribution in [0.15, 0.2) is 24.7 Å². The summed E-state index contributed by atoms with van der Waals surface area (Å²) < 4.78 is 6.19. The molecule has 0 bridgehead atoms. The van der Waals surface area contributed by atoms with Crippen molar-refractivity contribution in [2.24, 2.45) is 29.4 Å². The van der Waals surface area contributed by atoms with Gasteiger partial charge in [-0.25, -0.2) is 0 Å². The van der Waals surface area contributed by atoms with Gasteiger partial charge in [-0.1, -0.05) is 34.3 Å². The average molecular weight is 295 g/mol. The fourth-order valence-electron chi connectivity index (χ4n) is 3.69. The molecule has 0 radical (unpaired) electrons. The molecule has 0 aromatic rings. The summed E-state index contributed by atoms with van der Waals surface area (Å²) in [7, 11) is 0. The van der Waals surface area contributed by atoms with Crippen molar-refractivity contribution in [3.05, 3.63) is 24.7 Å². The zero-order chi connectivity index (χ0) is 15.7. The third-order valence-corrected chi connectivity index (χ3v) is 4.61. The van der Waals surface area contributed by atoms with Crippen molar-refractivity contribution in [1.29, 1.82) is 0 Å². The number of nitrogens with one attached hydrogen (secondary N) is 1. The van der Waals surface area contributed by atoms with E-state index in [0.717, 1.165) is 5.82 Å². The third-order valence-electron chi connectivity index (χ3n) is 4.61. The topological polar surface area (TPSA) is 70.8 Å². The molecule has 0 aromatic carbocycles. The maximum absolute atomic E-state index is 9.69. The SMILES string of the molecule is C=C1NC(N)C=CN1[C@@H]1O[C@H](CO)C(C(C)C)C1C(C)C. The van der Waals surface area contributed by atoms with Crippen molar-refractivity contribution < 1.29 is 9.84 Å². The first kappa shape index (κ1) is 16.3. The second-order valence-electron chi connectivity index (χ2n) is 6.76. The predicted octanol–water partition coefficient (Wildman–Crippen LogP) is 1.42. The molecule has 2 aliphatic rings. The van der Waals surface area contributed by atoms with Gasteiger partial charge >= 0.3 is 0 Å². The van der Waals surface area contributed by atoms with Crippen LogP contribution in [0.4, 0.5) is 0 Å². The van der Waals surface area contributed by atoms with E-state index in [1.807, 2.05) is 17.2 Å². The molecule has 21 heavy (non-hydrogen) atoms. The first-order chi connectivity index (χ1) is 9.86. The van der Waals surface area contributed by atoms with Crippen molar-refractivity contribution in [1.82, 2.24) is 10.2 Å². The molecule has 2 rings (SSSR count). The number of rotatable bonds is 4. The summed E-state index contributed by atoms with van der Waals surface area (Å²) in [6, 6.07) is 0. The summed E-state index contributed by atoms with van der Waals surface area (Å²) in [6.45, 7) is 12.9. The van der Waals surface area contributed by atoms with Crippen LogP contribution >= 0.6 is 0 Å². The molecule has 0 saturated carbocycles. The summed E-state index contributed by atoms with van der Waals surface area (Å²) in [5.74, 6) is 2.32. The van der Waals surface area contributed by atoms with E-state index in [9.17, 15) is 5.11 Å². The van der Waals surface area contributed by atoms with Crippen molar-refractivity contribution in [2.75, 3.05) is 6.61 Å². The first-order valence-electron chi connectivity index (χ1n) is 7.80. The van der Waals surface area contributed by atoms with Crippen LogP contribution in [-0.2, 0) is 4.74 Å². The predicted molar refractivity (Wildman–Crippen MR) is 83.6 cm³/mol. The van der Waals surface area contributed by atoms with Crippen LogP contribution in [-0.4, -0.2) is 35.1 Å². The number of hydrogen-bond acceptors (Lipinski definition) is 5. The van der Waals surface area contributed by atoms with Gasteiger partial charge < -0.3 is 25.8 Å². The molecule has 0 aromatic heterocycles. The number of nitrogens with zero attached hydrogens (tertiary/aromatic N) is 1. The molecule has 120 valence electrons. The van der Waals surface area contributed by atoms with Crippen molar-refractivity contribution in [2.45, 2.75) is 46.2 Å². The summed E-state index contributed by atoms with van der Waals surface area (Å²) in [5.41, 5.74) is 5.84. The fraction of sp³-hybridized carbons (Fsp3) is 0.750. The molecule has 0 spiro atoms. The highest BCUT2D eigenvalue weighted by atomic mass is 16.5. The Hall–Kier alpha value is -1.04. The lowest BCUT2D eigenvalue weighted by atomic mass is 9.75. The molecule has 2 heterocycles. The van der Waals surface area contributed by atoms with Gasteiger partial charge in [0.15, 0.2) is 0 Å². The van der Waals surface area contributed by atoms with Gasteiger partial charge in [0, 0.05) is 12.1 Å². The lowest BCUT2D eigenvalue weighted by molar-refractivity contribution is -0.0616. The van der Waals surface area contributed by atoms with Crippen LogP contribution in [0.5, 0.6) is 0 Å². The minimum atomic E-state index is -0.206. The highest BCUT2D eigenvalue weighted by Crippen LogP contribution is 2.43. The Morgan fingerprint density at radius 1 is 1.33 bits per heavy atom. The van der Waals surface area contributed by atoms with Gasteiger partial charge in [0.05, 0.1) is 18.9 Å². The largest absolute Gasteiger partial charge is 0.394 e. The van der Waals surface area contributed by atoms with Crippen LogP contribution in [0.25, 0.3) is 0 Å². The molecular weight excluding hydrogens is 266 g/mol. The second-order valence-corrected chi connectivity index (χ2v) is 6.76. The van der Waals surface area contributed by atoms with Gasteiger partial charge in [-0.3, -0.25) is 0 Å². The van der Waals surface area contributed by atoms with E-state index < -0.39 is 0 Å². The first-order valence-corrected chi connectivity index (χ1v) is 7.80.